The minimum absolute atomic E-state index is 0.201. The Kier molecular flexibility index (Phi) is 7.64. The van der Waals surface area contributed by atoms with Crippen LogP contribution in [-0.4, -0.2) is 27.9 Å². The summed E-state index contributed by atoms with van der Waals surface area (Å²) >= 11 is 6.11. The lowest BCUT2D eigenvalue weighted by molar-refractivity contribution is -0.122. The molecule has 0 saturated heterocycles. The third kappa shape index (κ3) is 5.38. The zero-order valence-corrected chi connectivity index (χ0v) is 21.0. The quantitative estimate of drug-likeness (QED) is 0.324. The first-order valence-corrected chi connectivity index (χ1v) is 12.8. The highest BCUT2D eigenvalue weighted by molar-refractivity contribution is 9.10. The average molecular weight is 541 g/mol. The second-order valence-corrected chi connectivity index (χ2v) is 9.73. The summed E-state index contributed by atoms with van der Waals surface area (Å²) < 4.78 is 4.55. The SMILES string of the molecule is Cc1ccsc1[C@H](C(=O)NCCc1ccccc1)N(C(=O)c1csnn1)c1ccccc1Br. The monoisotopic (exact) mass is 540 g/mol. The largest absolute Gasteiger partial charge is 0.354 e. The number of benzene rings is 2. The van der Waals surface area contributed by atoms with Gasteiger partial charge in [-0.15, -0.1) is 16.4 Å². The van der Waals surface area contributed by atoms with E-state index in [1.807, 2.05) is 73.0 Å². The minimum Gasteiger partial charge on any atom is -0.354 e. The highest BCUT2D eigenvalue weighted by atomic mass is 79.9. The zero-order chi connectivity index (χ0) is 23.2. The van der Waals surface area contributed by atoms with Gasteiger partial charge in [-0.2, -0.15) is 0 Å². The number of para-hydroxylation sites is 1. The highest BCUT2D eigenvalue weighted by Gasteiger charge is 2.36. The van der Waals surface area contributed by atoms with Crippen LogP contribution in [0.15, 0.2) is 75.9 Å². The molecule has 2 heterocycles. The Hall–Kier alpha value is -2.88. The van der Waals surface area contributed by atoms with Gasteiger partial charge in [-0.1, -0.05) is 47.0 Å². The van der Waals surface area contributed by atoms with Crippen LogP contribution in [0.25, 0.3) is 0 Å². The Labute approximate surface area is 208 Å². The van der Waals surface area contributed by atoms with E-state index in [0.717, 1.165) is 27.5 Å². The maximum absolute atomic E-state index is 13.6. The van der Waals surface area contributed by atoms with Crippen LogP contribution in [0, 0.1) is 6.92 Å². The van der Waals surface area contributed by atoms with Gasteiger partial charge in [-0.25, -0.2) is 0 Å². The van der Waals surface area contributed by atoms with Gasteiger partial charge in [0.05, 0.1) is 5.69 Å². The molecule has 0 aliphatic rings. The molecule has 0 aliphatic heterocycles. The zero-order valence-electron chi connectivity index (χ0n) is 17.8. The molecule has 9 heteroatoms. The Morgan fingerprint density at radius 1 is 1.09 bits per heavy atom. The van der Waals surface area contributed by atoms with E-state index in [4.69, 9.17) is 0 Å². The van der Waals surface area contributed by atoms with Gasteiger partial charge in [0, 0.05) is 21.3 Å². The lowest BCUT2D eigenvalue weighted by Gasteiger charge is -2.31. The molecule has 0 aliphatic carbocycles. The molecule has 6 nitrogen and oxygen atoms in total. The third-order valence-electron chi connectivity index (χ3n) is 5.12. The number of hydrogen-bond acceptors (Lipinski definition) is 6. The Morgan fingerprint density at radius 3 is 2.52 bits per heavy atom. The van der Waals surface area contributed by atoms with Crippen molar-refractivity contribution < 1.29 is 9.59 Å². The van der Waals surface area contributed by atoms with Gasteiger partial charge in [0.2, 0.25) is 5.91 Å². The normalized spacial score (nSPS) is 11.7. The summed E-state index contributed by atoms with van der Waals surface area (Å²) in [5, 5.41) is 10.5. The van der Waals surface area contributed by atoms with Gasteiger partial charge in [0.1, 0.15) is 0 Å². The number of anilines is 1. The summed E-state index contributed by atoms with van der Waals surface area (Å²) in [6.07, 6.45) is 0.696. The van der Waals surface area contributed by atoms with Crippen LogP contribution in [0.5, 0.6) is 0 Å². The fourth-order valence-electron chi connectivity index (χ4n) is 3.48. The number of rotatable bonds is 8. The van der Waals surface area contributed by atoms with Gasteiger partial charge in [-0.05, 0) is 75.5 Å². The van der Waals surface area contributed by atoms with Crippen molar-refractivity contribution in [2.45, 2.75) is 19.4 Å². The summed E-state index contributed by atoms with van der Waals surface area (Å²) in [7, 11) is 0. The fourth-order valence-corrected chi connectivity index (χ4v) is 5.40. The number of nitrogens with one attached hydrogen (secondary N) is 1. The smallest absolute Gasteiger partial charge is 0.280 e. The van der Waals surface area contributed by atoms with Crippen LogP contribution in [0.1, 0.15) is 32.5 Å². The van der Waals surface area contributed by atoms with Gasteiger partial charge >= 0.3 is 0 Å². The molecule has 0 bridgehead atoms. The molecule has 168 valence electrons. The van der Waals surface area contributed by atoms with Gasteiger partial charge < -0.3 is 5.32 Å². The van der Waals surface area contributed by atoms with E-state index in [1.54, 1.807) is 5.38 Å². The van der Waals surface area contributed by atoms with E-state index in [1.165, 1.54) is 16.2 Å². The molecule has 1 N–H and O–H groups in total. The summed E-state index contributed by atoms with van der Waals surface area (Å²) in [5.41, 5.74) is 2.87. The van der Waals surface area contributed by atoms with Gasteiger partial charge in [0.15, 0.2) is 11.7 Å². The van der Waals surface area contributed by atoms with Crippen LogP contribution in [0.2, 0.25) is 0 Å². The maximum Gasteiger partial charge on any atom is 0.280 e. The van der Waals surface area contributed by atoms with E-state index < -0.39 is 6.04 Å². The topological polar surface area (TPSA) is 75.2 Å². The van der Waals surface area contributed by atoms with Crippen molar-refractivity contribution in [2.24, 2.45) is 0 Å². The maximum atomic E-state index is 13.6. The number of amides is 2. The van der Waals surface area contributed by atoms with Crippen molar-refractivity contribution in [3.05, 3.63) is 97.6 Å². The van der Waals surface area contributed by atoms with Gasteiger partial charge in [0.25, 0.3) is 5.91 Å². The van der Waals surface area contributed by atoms with E-state index >= 15 is 0 Å². The second-order valence-electron chi connectivity index (χ2n) is 7.31. The van der Waals surface area contributed by atoms with Crippen molar-refractivity contribution in [3.63, 3.8) is 0 Å². The lowest BCUT2D eigenvalue weighted by Crippen LogP contribution is -2.44. The first-order chi connectivity index (χ1) is 16.1. The van der Waals surface area contributed by atoms with Crippen molar-refractivity contribution in [1.29, 1.82) is 0 Å². The first-order valence-electron chi connectivity index (χ1n) is 10.3. The van der Waals surface area contributed by atoms with Crippen molar-refractivity contribution >= 4 is 56.3 Å². The molecule has 1 atom stereocenters. The fraction of sp³-hybridized carbons (Fsp3) is 0.167. The molecule has 4 rings (SSSR count). The predicted octanol–water partition coefficient (Wildman–Crippen LogP) is 5.42. The number of halogens is 1. The molecule has 0 saturated carbocycles. The number of aryl methyl sites for hydroxylation is 1. The predicted molar refractivity (Wildman–Crippen MR) is 136 cm³/mol. The number of nitrogens with zero attached hydrogens (tertiary/aromatic N) is 3. The molecule has 4 aromatic rings. The minimum atomic E-state index is -0.853. The third-order valence-corrected chi connectivity index (χ3v) is 7.37. The second kappa shape index (κ2) is 10.8. The van der Waals surface area contributed by atoms with Crippen LogP contribution in [-0.2, 0) is 11.2 Å². The molecule has 0 fully saturated rings. The summed E-state index contributed by atoms with van der Waals surface area (Å²) in [5.74, 6) is -0.629. The number of aromatic nitrogens is 2. The Bertz CT molecular complexity index is 1230. The molecule has 0 unspecified atom stereocenters. The van der Waals surface area contributed by atoms with Crippen molar-refractivity contribution in [3.8, 4) is 0 Å². The van der Waals surface area contributed by atoms with Crippen molar-refractivity contribution in [1.82, 2.24) is 14.9 Å². The number of carbonyl (C=O) groups excluding carboxylic acids is 2. The van der Waals surface area contributed by atoms with Gasteiger partial charge in [-0.3, -0.25) is 14.5 Å². The first kappa shape index (κ1) is 23.3. The Balaban J connectivity index is 1.71. The van der Waals surface area contributed by atoms with Crippen LogP contribution < -0.4 is 10.2 Å². The molecule has 0 spiro atoms. The molecule has 2 aromatic heterocycles. The Morgan fingerprint density at radius 2 is 1.85 bits per heavy atom. The lowest BCUT2D eigenvalue weighted by atomic mass is 10.1. The van der Waals surface area contributed by atoms with Crippen LogP contribution in [0.4, 0.5) is 5.69 Å². The number of hydrogen-bond donors (Lipinski definition) is 1. The number of thiophene rings is 1. The molecule has 2 amide bonds. The van der Waals surface area contributed by atoms with E-state index in [0.29, 0.717) is 23.1 Å². The highest BCUT2D eigenvalue weighted by Crippen LogP contribution is 2.37. The van der Waals surface area contributed by atoms with Crippen LogP contribution in [0.3, 0.4) is 0 Å². The molecule has 0 radical (unpaired) electrons. The van der Waals surface area contributed by atoms with E-state index in [-0.39, 0.29) is 17.5 Å². The van der Waals surface area contributed by atoms with Crippen molar-refractivity contribution in [2.75, 3.05) is 11.4 Å². The average Bonchev–Trinajstić information content (AvgIpc) is 3.51. The summed E-state index contributed by atoms with van der Waals surface area (Å²) in [6, 6.07) is 18.4. The van der Waals surface area contributed by atoms with E-state index in [2.05, 4.69) is 30.8 Å². The molecule has 2 aromatic carbocycles. The van der Waals surface area contributed by atoms with E-state index in [9.17, 15) is 9.59 Å². The standard InChI is InChI=1S/C24H21BrN4O2S2/c1-16-12-14-32-22(16)21(23(30)26-13-11-17-7-3-2-4-8-17)29(20-10-6-5-9-18(20)25)24(31)19-15-33-28-27-19/h2-10,12,14-15,21H,11,13H2,1H3,(H,26,30)/t21-/m1/s1. The summed E-state index contributed by atoms with van der Waals surface area (Å²) in [6.45, 7) is 2.41. The molecular weight excluding hydrogens is 520 g/mol. The molecule has 33 heavy (non-hydrogen) atoms. The van der Waals surface area contributed by atoms with Crippen LogP contribution >= 0.6 is 38.8 Å². The molecular formula is C24H21BrN4O2S2. The number of carbonyl (C=O) groups is 2. The summed E-state index contributed by atoms with van der Waals surface area (Å²) in [4.78, 5) is 29.6.